The quantitative estimate of drug-likeness (QED) is 0.335. The highest BCUT2D eigenvalue weighted by Crippen LogP contribution is 2.16. The Morgan fingerprint density at radius 2 is 2.39 bits per heavy atom. The molecule has 18 heavy (non-hydrogen) atoms. The van der Waals surface area contributed by atoms with Crippen LogP contribution in [0, 0.1) is 6.92 Å². The van der Waals surface area contributed by atoms with Crippen LogP contribution in [0.1, 0.15) is 18.3 Å². The van der Waals surface area contributed by atoms with E-state index >= 15 is 0 Å². The van der Waals surface area contributed by atoms with E-state index < -0.39 is 0 Å². The van der Waals surface area contributed by atoms with E-state index in [2.05, 4.69) is 20.0 Å². The number of hydrogen-bond acceptors (Lipinski definition) is 6. The molecule has 2 rings (SSSR count). The van der Waals surface area contributed by atoms with E-state index in [4.69, 9.17) is 15.7 Å². The molecule has 3 N–H and O–H groups in total. The maximum atomic E-state index is 8.70. The number of aryl methyl sites for hydroxylation is 1. The first-order valence-corrected chi connectivity index (χ1v) is 5.80. The third kappa shape index (κ3) is 2.51. The summed E-state index contributed by atoms with van der Waals surface area (Å²) in [6, 6.07) is 1.89. The normalized spacial score (nSPS) is 21.1. The van der Waals surface area contributed by atoms with Gasteiger partial charge in [-0.05, 0) is 19.9 Å². The molecule has 98 valence electrons. The van der Waals surface area contributed by atoms with Gasteiger partial charge in [0.15, 0.2) is 5.84 Å². The second kappa shape index (κ2) is 5.18. The Morgan fingerprint density at radius 3 is 3.06 bits per heavy atom. The van der Waals surface area contributed by atoms with Crippen molar-refractivity contribution in [2.75, 3.05) is 24.7 Å². The molecule has 1 aliphatic heterocycles. The van der Waals surface area contributed by atoms with Crippen molar-refractivity contribution < 1.29 is 9.94 Å². The molecule has 0 aliphatic carbocycles. The highest BCUT2D eigenvalue weighted by Gasteiger charge is 2.22. The minimum absolute atomic E-state index is 0.0114. The zero-order chi connectivity index (χ0) is 13.1. The van der Waals surface area contributed by atoms with E-state index in [-0.39, 0.29) is 11.9 Å². The lowest BCUT2D eigenvalue weighted by molar-refractivity contribution is 0.0980. The Morgan fingerprint density at radius 1 is 1.61 bits per heavy atom. The molecule has 1 aromatic heterocycles. The maximum Gasteiger partial charge on any atom is 0.226 e. The van der Waals surface area contributed by atoms with Crippen LogP contribution >= 0.6 is 0 Å². The van der Waals surface area contributed by atoms with Crippen LogP contribution in [-0.2, 0) is 4.74 Å². The Balaban J connectivity index is 2.35. The van der Waals surface area contributed by atoms with Crippen LogP contribution in [0.3, 0.4) is 0 Å². The third-order valence-electron chi connectivity index (χ3n) is 2.84. The Labute approximate surface area is 105 Å². The number of nitrogens with zero attached hydrogens (tertiary/aromatic N) is 4. The van der Waals surface area contributed by atoms with Gasteiger partial charge in [0.2, 0.25) is 5.95 Å². The fourth-order valence-electron chi connectivity index (χ4n) is 1.89. The lowest BCUT2D eigenvalue weighted by atomic mass is 10.2. The number of aromatic nitrogens is 2. The molecule has 1 aliphatic rings. The molecule has 1 saturated heterocycles. The SMILES string of the molecule is Cc1cc(/C(N)=N/O)nc(N2CCOCC2C)n1. The number of rotatable bonds is 2. The molecule has 0 aromatic carbocycles. The van der Waals surface area contributed by atoms with Gasteiger partial charge in [0, 0.05) is 12.2 Å². The van der Waals surface area contributed by atoms with Crippen molar-refractivity contribution >= 4 is 11.8 Å². The van der Waals surface area contributed by atoms with Gasteiger partial charge in [0.25, 0.3) is 0 Å². The molecule has 0 saturated carbocycles. The number of nitrogens with two attached hydrogens (primary N) is 1. The fraction of sp³-hybridized carbons (Fsp3) is 0.545. The summed E-state index contributed by atoms with van der Waals surface area (Å²) >= 11 is 0. The van der Waals surface area contributed by atoms with Crippen LogP contribution in [0.2, 0.25) is 0 Å². The van der Waals surface area contributed by atoms with Crippen LogP contribution in [0.15, 0.2) is 11.2 Å². The minimum atomic E-state index is -0.0114. The average Bonchev–Trinajstić information content (AvgIpc) is 2.37. The van der Waals surface area contributed by atoms with Crippen LogP contribution in [-0.4, -0.2) is 46.8 Å². The number of hydrogen-bond donors (Lipinski definition) is 2. The summed E-state index contributed by atoms with van der Waals surface area (Å²) in [5.74, 6) is 0.579. The van der Waals surface area contributed by atoms with Crippen molar-refractivity contribution in [1.29, 1.82) is 0 Å². The lowest BCUT2D eigenvalue weighted by Gasteiger charge is -2.33. The molecule has 2 heterocycles. The zero-order valence-electron chi connectivity index (χ0n) is 10.5. The second-order valence-electron chi connectivity index (χ2n) is 4.30. The highest BCUT2D eigenvalue weighted by atomic mass is 16.5. The van der Waals surface area contributed by atoms with Crippen LogP contribution in [0.5, 0.6) is 0 Å². The molecule has 1 fully saturated rings. The van der Waals surface area contributed by atoms with Crippen molar-refractivity contribution in [2.24, 2.45) is 10.9 Å². The first kappa shape index (κ1) is 12.6. The fourth-order valence-corrected chi connectivity index (χ4v) is 1.89. The summed E-state index contributed by atoms with van der Waals surface area (Å²) in [5.41, 5.74) is 6.77. The number of oxime groups is 1. The van der Waals surface area contributed by atoms with Crippen molar-refractivity contribution in [3.63, 3.8) is 0 Å². The van der Waals surface area contributed by atoms with Gasteiger partial charge in [-0.3, -0.25) is 0 Å². The van der Waals surface area contributed by atoms with Crippen molar-refractivity contribution in [2.45, 2.75) is 19.9 Å². The van der Waals surface area contributed by atoms with Crippen molar-refractivity contribution in [3.05, 3.63) is 17.5 Å². The molecule has 1 unspecified atom stereocenters. The van der Waals surface area contributed by atoms with E-state index in [9.17, 15) is 0 Å². The van der Waals surface area contributed by atoms with Crippen molar-refractivity contribution in [3.8, 4) is 0 Å². The topological polar surface area (TPSA) is 96.9 Å². The maximum absolute atomic E-state index is 8.70. The molecule has 1 atom stereocenters. The molecule has 0 amide bonds. The predicted molar refractivity (Wildman–Crippen MR) is 66.9 cm³/mol. The molecular weight excluding hydrogens is 234 g/mol. The zero-order valence-corrected chi connectivity index (χ0v) is 10.5. The largest absolute Gasteiger partial charge is 0.409 e. The molecular formula is C11H17N5O2. The van der Waals surface area contributed by atoms with E-state index in [1.807, 2.05) is 13.8 Å². The standard InChI is InChI=1S/C11H17N5O2/c1-7-5-9(10(12)15-17)14-11(13-7)16-3-4-18-6-8(16)2/h5,8,17H,3-4,6H2,1-2H3,(H2,12,15). The molecule has 0 spiro atoms. The molecule has 1 aromatic rings. The first-order valence-electron chi connectivity index (χ1n) is 5.80. The molecule has 7 nitrogen and oxygen atoms in total. The van der Waals surface area contributed by atoms with Gasteiger partial charge in [0.05, 0.1) is 19.3 Å². The Hall–Kier alpha value is -1.89. The van der Waals surface area contributed by atoms with E-state index in [0.29, 0.717) is 24.9 Å². The number of anilines is 1. The Kier molecular flexibility index (Phi) is 3.61. The number of morpholine rings is 1. The summed E-state index contributed by atoms with van der Waals surface area (Å²) < 4.78 is 5.38. The van der Waals surface area contributed by atoms with Gasteiger partial charge in [-0.2, -0.15) is 0 Å². The molecule has 7 heteroatoms. The third-order valence-corrected chi connectivity index (χ3v) is 2.84. The smallest absolute Gasteiger partial charge is 0.226 e. The van der Waals surface area contributed by atoms with Crippen molar-refractivity contribution in [1.82, 2.24) is 9.97 Å². The molecule has 0 radical (unpaired) electrons. The van der Waals surface area contributed by atoms with Crippen LogP contribution < -0.4 is 10.6 Å². The minimum Gasteiger partial charge on any atom is -0.409 e. The van der Waals surface area contributed by atoms with E-state index in [1.165, 1.54) is 0 Å². The summed E-state index contributed by atoms with van der Waals surface area (Å²) in [7, 11) is 0. The van der Waals surface area contributed by atoms with Gasteiger partial charge < -0.3 is 20.6 Å². The van der Waals surface area contributed by atoms with Gasteiger partial charge in [-0.25, -0.2) is 9.97 Å². The van der Waals surface area contributed by atoms with Gasteiger partial charge in [-0.1, -0.05) is 5.16 Å². The predicted octanol–water partition coefficient (Wildman–Crippen LogP) is 0.105. The number of amidine groups is 1. The summed E-state index contributed by atoms with van der Waals surface area (Å²) in [5, 5.41) is 11.7. The summed E-state index contributed by atoms with van der Waals surface area (Å²) in [4.78, 5) is 10.8. The van der Waals surface area contributed by atoms with Gasteiger partial charge >= 0.3 is 0 Å². The van der Waals surface area contributed by atoms with E-state index in [0.717, 1.165) is 12.2 Å². The summed E-state index contributed by atoms with van der Waals surface area (Å²) in [6.07, 6.45) is 0. The monoisotopic (exact) mass is 251 g/mol. The van der Waals surface area contributed by atoms with Gasteiger partial charge in [-0.15, -0.1) is 0 Å². The first-order chi connectivity index (χ1) is 8.61. The lowest BCUT2D eigenvalue weighted by Crippen LogP contribution is -2.44. The average molecular weight is 251 g/mol. The van der Waals surface area contributed by atoms with Crippen LogP contribution in [0.4, 0.5) is 5.95 Å². The van der Waals surface area contributed by atoms with Crippen LogP contribution in [0.25, 0.3) is 0 Å². The Bertz CT molecular complexity index is 463. The number of ether oxygens (including phenoxy) is 1. The van der Waals surface area contributed by atoms with E-state index in [1.54, 1.807) is 6.07 Å². The summed E-state index contributed by atoms with van der Waals surface area (Å²) in [6.45, 7) is 5.94. The molecule has 0 bridgehead atoms. The second-order valence-corrected chi connectivity index (χ2v) is 4.30. The van der Waals surface area contributed by atoms with Gasteiger partial charge in [0.1, 0.15) is 5.69 Å². The highest BCUT2D eigenvalue weighted by molar-refractivity contribution is 5.95.